The molecule has 0 aliphatic carbocycles. The van der Waals surface area contributed by atoms with Crippen molar-refractivity contribution in [3.05, 3.63) is 16.1 Å². The molecule has 0 fully saturated rings. The average molecular weight is 327 g/mol. The molecule has 0 radical (unpaired) electrons. The van der Waals surface area contributed by atoms with Crippen LogP contribution in [0.25, 0.3) is 0 Å². The van der Waals surface area contributed by atoms with Crippen LogP contribution in [0.15, 0.2) is 5.38 Å². The summed E-state index contributed by atoms with van der Waals surface area (Å²) in [5.41, 5.74) is 6.31. The third-order valence-electron chi connectivity index (χ3n) is 4.28. The summed E-state index contributed by atoms with van der Waals surface area (Å²) in [6, 6.07) is 0. The van der Waals surface area contributed by atoms with Crippen molar-refractivity contribution in [1.29, 1.82) is 0 Å². The maximum absolute atomic E-state index is 12.7. The molecular weight excluding hydrogens is 298 g/mol. The summed E-state index contributed by atoms with van der Waals surface area (Å²) in [4.78, 5) is 19.0. The second kappa shape index (κ2) is 8.60. The zero-order chi connectivity index (χ0) is 16.8. The lowest BCUT2D eigenvalue weighted by atomic mass is 9.81. The summed E-state index contributed by atoms with van der Waals surface area (Å²) in [6.07, 6.45) is 1.51. The van der Waals surface area contributed by atoms with Gasteiger partial charge >= 0.3 is 0 Å². The number of aromatic nitrogens is 1. The van der Waals surface area contributed by atoms with Crippen LogP contribution in [0.2, 0.25) is 0 Å². The Labute approximate surface area is 137 Å². The highest BCUT2D eigenvalue weighted by Gasteiger charge is 2.35. The van der Waals surface area contributed by atoms with Gasteiger partial charge in [-0.25, -0.2) is 4.98 Å². The number of hydrogen-bond acceptors (Lipinski definition) is 5. The predicted octanol–water partition coefficient (Wildman–Crippen LogP) is 2.96. The van der Waals surface area contributed by atoms with E-state index < -0.39 is 5.41 Å². The monoisotopic (exact) mass is 327 g/mol. The van der Waals surface area contributed by atoms with E-state index in [2.05, 4.69) is 4.98 Å². The molecule has 1 heterocycles. The molecule has 1 aromatic heterocycles. The van der Waals surface area contributed by atoms with Crippen LogP contribution in [0, 0.1) is 5.41 Å². The molecule has 126 valence electrons. The van der Waals surface area contributed by atoms with Gasteiger partial charge in [0.2, 0.25) is 5.91 Å². The van der Waals surface area contributed by atoms with Crippen LogP contribution >= 0.6 is 11.3 Å². The Hall–Kier alpha value is -0.980. The summed E-state index contributed by atoms with van der Waals surface area (Å²) in [5.74, 6) is 0.104. The minimum atomic E-state index is -0.452. The third-order valence-corrected chi connectivity index (χ3v) is 5.33. The molecule has 1 amide bonds. The average Bonchev–Trinajstić information content (AvgIpc) is 2.98. The highest BCUT2D eigenvalue weighted by atomic mass is 32.1. The summed E-state index contributed by atoms with van der Waals surface area (Å²) >= 11 is 1.58. The van der Waals surface area contributed by atoms with Gasteiger partial charge in [0.05, 0.1) is 17.7 Å². The van der Waals surface area contributed by atoms with Gasteiger partial charge in [0.25, 0.3) is 0 Å². The van der Waals surface area contributed by atoms with Gasteiger partial charge in [0.1, 0.15) is 11.1 Å². The van der Waals surface area contributed by atoms with Crippen molar-refractivity contribution >= 4 is 17.2 Å². The maximum atomic E-state index is 12.7. The molecule has 22 heavy (non-hydrogen) atoms. The molecule has 5 nitrogen and oxygen atoms in total. The molecular formula is C16H29N3O2S. The van der Waals surface area contributed by atoms with Gasteiger partial charge < -0.3 is 15.4 Å². The van der Waals surface area contributed by atoms with E-state index in [-0.39, 0.29) is 12.0 Å². The fourth-order valence-corrected chi connectivity index (χ4v) is 3.37. The molecule has 1 aromatic rings. The molecule has 0 aromatic carbocycles. The smallest absolute Gasteiger partial charge is 0.230 e. The lowest BCUT2D eigenvalue weighted by molar-refractivity contribution is -0.141. The summed E-state index contributed by atoms with van der Waals surface area (Å²) < 4.78 is 5.55. The first-order valence-electron chi connectivity index (χ1n) is 7.95. The van der Waals surface area contributed by atoms with Gasteiger partial charge in [-0.2, -0.15) is 0 Å². The van der Waals surface area contributed by atoms with Crippen molar-refractivity contribution in [2.45, 2.75) is 53.2 Å². The van der Waals surface area contributed by atoms with E-state index in [9.17, 15) is 4.79 Å². The van der Waals surface area contributed by atoms with Crippen LogP contribution in [0.5, 0.6) is 0 Å². The number of rotatable bonds is 9. The van der Waals surface area contributed by atoms with Gasteiger partial charge in [-0.05, 0) is 26.7 Å². The molecule has 0 spiro atoms. The van der Waals surface area contributed by atoms with Crippen molar-refractivity contribution in [1.82, 2.24) is 9.88 Å². The number of nitrogens with two attached hydrogens (primary N) is 1. The number of thiazole rings is 1. The van der Waals surface area contributed by atoms with E-state index in [1.54, 1.807) is 16.2 Å². The molecule has 0 saturated carbocycles. The fourth-order valence-electron chi connectivity index (χ4n) is 2.55. The Morgan fingerprint density at radius 2 is 2.09 bits per heavy atom. The molecule has 6 heteroatoms. The van der Waals surface area contributed by atoms with Crippen LogP contribution in [0.3, 0.4) is 0 Å². The van der Waals surface area contributed by atoms with Crippen LogP contribution in [-0.4, -0.2) is 36.0 Å². The minimum absolute atomic E-state index is 0.000765. The number of hydrogen-bond donors (Lipinski definition) is 1. The van der Waals surface area contributed by atoms with Crippen molar-refractivity contribution in [3.63, 3.8) is 0 Å². The van der Waals surface area contributed by atoms with Gasteiger partial charge in [0.15, 0.2) is 0 Å². The number of nitrogens with zero attached hydrogens (tertiary/aromatic N) is 2. The van der Waals surface area contributed by atoms with Crippen LogP contribution in [0.1, 0.15) is 57.3 Å². The molecule has 0 bridgehead atoms. The maximum Gasteiger partial charge on any atom is 0.230 e. The Morgan fingerprint density at radius 1 is 1.45 bits per heavy atom. The second-order valence-corrected chi connectivity index (χ2v) is 6.52. The first-order chi connectivity index (χ1) is 10.4. The number of ether oxygens (including phenoxy) is 1. The first kappa shape index (κ1) is 19.1. The predicted molar refractivity (Wildman–Crippen MR) is 90.7 cm³/mol. The Balaban J connectivity index is 2.76. The number of carbonyl (C=O) groups excluding carboxylic acids is 1. The van der Waals surface area contributed by atoms with Crippen molar-refractivity contribution in [2.24, 2.45) is 11.1 Å². The zero-order valence-electron chi connectivity index (χ0n) is 14.4. The molecule has 0 saturated heterocycles. The normalized spacial score (nSPS) is 13.2. The SMILES string of the molecule is CCOC(C)c1nc(CN(C)C(=O)C(CC)(CC)CN)cs1. The summed E-state index contributed by atoms with van der Waals surface area (Å²) in [7, 11) is 1.82. The van der Waals surface area contributed by atoms with Crippen LogP contribution < -0.4 is 5.73 Å². The highest BCUT2D eigenvalue weighted by Crippen LogP contribution is 2.28. The van der Waals surface area contributed by atoms with E-state index in [0.717, 1.165) is 23.5 Å². The Kier molecular flexibility index (Phi) is 7.45. The largest absolute Gasteiger partial charge is 0.372 e. The number of carbonyl (C=O) groups is 1. The number of amides is 1. The first-order valence-corrected chi connectivity index (χ1v) is 8.83. The Morgan fingerprint density at radius 3 is 2.59 bits per heavy atom. The molecule has 0 aliphatic rings. The van der Waals surface area contributed by atoms with Gasteiger partial charge in [-0.1, -0.05) is 13.8 Å². The Bertz CT molecular complexity index is 463. The van der Waals surface area contributed by atoms with Crippen molar-refractivity contribution in [2.75, 3.05) is 20.2 Å². The van der Waals surface area contributed by atoms with E-state index in [4.69, 9.17) is 10.5 Å². The highest BCUT2D eigenvalue weighted by molar-refractivity contribution is 7.09. The fraction of sp³-hybridized carbons (Fsp3) is 0.750. The van der Waals surface area contributed by atoms with Crippen molar-refractivity contribution in [3.8, 4) is 0 Å². The van der Waals surface area contributed by atoms with Crippen LogP contribution in [-0.2, 0) is 16.1 Å². The standard InChI is InChI=1S/C16H29N3O2S/c1-6-16(7-2,11-17)15(20)19(5)9-13-10-22-14(18-13)12(4)21-8-3/h10,12H,6-9,11,17H2,1-5H3. The van der Waals surface area contributed by atoms with Crippen molar-refractivity contribution < 1.29 is 9.53 Å². The molecule has 0 aliphatic heterocycles. The lowest BCUT2D eigenvalue weighted by Gasteiger charge is -2.33. The van der Waals surface area contributed by atoms with E-state index in [1.807, 2.05) is 40.1 Å². The van der Waals surface area contributed by atoms with Crippen LogP contribution in [0.4, 0.5) is 0 Å². The third kappa shape index (κ3) is 4.27. The van der Waals surface area contributed by atoms with Gasteiger partial charge in [-0.3, -0.25) is 4.79 Å². The van der Waals surface area contributed by atoms with Gasteiger partial charge in [-0.15, -0.1) is 11.3 Å². The molecule has 1 atom stereocenters. The molecule has 1 rings (SSSR count). The lowest BCUT2D eigenvalue weighted by Crippen LogP contribution is -2.45. The second-order valence-electron chi connectivity index (χ2n) is 5.63. The van der Waals surface area contributed by atoms with E-state index in [1.165, 1.54) is 0 Å². The van der Waals surface area contributed by atoms with E-state index >= 15 is 0 Å². The minimum Gasteiger partial charge on any atom is -0.372 e. The summed E-state index contributed by atoms with van der Waals surface area (Å²) in [6.45, 7) is 9.57. The molecule has 2 N–H and O–H groups in total. The topological polar surface area (TPSA) is 68.5 Å². The van der Waals surface area contributed by atoms with Gasteiger partial charge in [0, 0.05) is 25.6 Å². The van der Waals surface area contributed by atoms with E-state index in [0.29, 0.717) is 19.7 Å². The summed E-state index contributed by atoms with van der Waals surface area (Å²) in [5, 5.41) is 2.95. The molecule has 1 unspecified atom stereocenters. The quantitative estimate of drug-likeness (QED) is 0.757. The zero-order valence-corrected chi connectivity index (χ0v) is 15.2.